The summed E-state index contributed by atoms with van der Waals surface area (Å²) in [5, 5.41) is 12.1. The normalized spacial score (nSPS) is 28.4. The van der Waals surface area contributed by atoms with E-state index < -0.39 is 0 Å². The Bertz CT molecular complexity index is 445. The molecule has 0 saturated carbocycles. The zero-order chi connectivity index (χ0) is 14.2. The number of likely N-dealkylation sites (tertiary alicyclic amines) is 1. The third kappa shape index (κ3) is 2.88. The Labute approximate surface area is 121 Å². The summed E-state index contributed by atoms with van der Waals surface area (Å²) in [6.07, 6.45) is 5.18. The molecule has 0 amide bonds. The van der Waals surface area contributed by atoms with Crippen LogP contribution in [0.1, 0.15) is 58.2 Å². The number of hydrogen-bond donors (Lipinski definition) is 1. The van der Waals surface area contributed by atoms with Gasteiger partial charge in [-0.2, -0.15) is 0 Å². The van der Waals surface area contributed by atoms with Crippen molar-refractivity contribution in [2.45, 2.75) is 70.5 Å². The minimum atomic E-state index is -0.0668. The zero-order valence-corrected chi connectivity index (χ0v) is 12.9. The number of nitrogens with one attached hydrogen (secondary N) is 1. The molecule has 1 aromatic heterocycles. The molecule has 5 nitrogen and oxygen atoms in total. The van der Waals surface area contributed by atoms with E-state index in [1.807, 2.05) is 0 Å². The Morgan fingerprint density at radius 3 is 2.75 bits per heavy atom. The molecule has 3 rings (SSSR count). The molecule has 0 bridgehead atoms. The molecule has 2 fully saturated rings. The molecule has 0 spiro atoms. The van der Waals surface area contributed by atoms with E-state index >= 15 is 0 Å². The summed E-state index contributed by atoms with van der Waals surface area (Å²) in [4.78, 5) is 2.52. The minimum Gasteiger partial charge on any atom is -0.423 e. The van der Waals surface area contributed by atoms with Gasteiger partial charge in [0.15, 0.2) is 0 Å². The third-order valence-corrected chi connectivity index (χ3v) is 4.42. The number of rotatable bonds is 3. The van der Waals surface area contributed by atoms with Crippen LogP contribution in [-0.2, 0) is 12.0 Å². The lowest BCUT2D eigenvalue weighted by molar-refractivity contribution is 0.186. The monoisotopic (exact) mass is 278 g/mol. The van der Waals surface area contributed by atoms with E-state index in [0.29, 0.717) is 12.1 Å². The molecule has 2 aliphatic rings. The summed E-state index contributed by atoms with van der Waals surface area (Å²) in [5.74, 6) is 1.50. The van der Waals surface area contributed by atoms with Crippen LogP contribution in [0.3, 0.4) is 0 Å². The molecule has 3 heterocycles. The van der Waals surface area contributed by atoms with Crippen molar-refractivity contribution in [3.63, 3.8) is 0 Å². The fourth-order valence-corrected chi connectivity index (χ4v) is 3.34. The second-order valence-electron chi connectivity index (χ2n) is 7.13. The van der Waals surface area contributed by atoms with Crippen molar-refractivity contribution in [2.24, 2.45) is 0 Å². The first-order chi connectivity index (χ1) is 9.54. The second-order valence-corrected chi connectivity index (χ2v) is 7.13. The quantitative estimate of drug-likeness (QED) is 0.917. The molecule has 2 aliphatic heterocycles. The first kappa shape index (κ1) is 14.0. The zero-order valence-electron chi connectivity index (χ0n) is 12.9. The maximum Gasteiger partial charge on any atom is 0.230 e. The summed E-state index contributed by atoms with van der Waals surface area (Å²) in [6, 6.07) is 1.30. The van der Waals surface area contributed by atoms with Crippen molar-refractivity contribution in [3.8, 4) is 0 Å². The Balaban J connectivity index is 1.65. The van der Waals surface area contributed by atoms with Gasteiger partial charge in [0.05, 0.1) is 6.54 Å². The molecule has 1 aromatic rings. The SMILES string of the molecule is CC(C)(C)c1nnc(CN2CCCC2C2CCCN2)o1. The van der Waals surface area contributed by atoms with Crippen LogP contribution in [-0.4, -0.2) is 40.3 Å². The van der Waals surface area contributed by atoms with Crippen molar-refractivity contribution < 1.29 is 4.42 Å². The van der Waals surface area contributed by atoms with Gasteiger partial charge in [0, 0.05) is 17.5 Å². The van der Waals surface area contributed by atoms with Crippen LogP contribution in [0.15, 0.2) is 4.42 Å². The van der Waals surface area contributed by atoms with Crippen molar-refractivity contribution in [3.05, 3.63) is 11.8 Å². The lowest BCUT2D eigenvalue weighted by Gasteiger charge is -2.28. The minimum absolute atomic E-state index is 0.0668. The van der Waals surface area contributed by atoms with E-state index in [2.05, 4.69) is 41.2 Å². The van der Waals surface area contributed by atoms with Gasteiger partial charge in [-0.15, -0.1) is 10.2 Å². The largest absolute Gasteiger partial charge is 0.423 e. The summed E-state index contributed by atoms with van der Waals surface area (Å²) in [7, 11) is 0. The van der Waals surface area contributed by atoms with E-state index in [4.69, 9.17) is 4.42 Å². The molecule has 112 valence electrons. The highest BCUT2D eigenvalue weighted by Gasteiger charge is 2.34. The topological polar surface area (TPSA) is 54.2 Å². The van der Waals surface area contributed by atoms with Gasteiger partial charge in [-0.1, -0.05) is 20.8 Å². The Morgan fingerprint density at radius 1 is 1.25 bits per heavy atom. The number of hydrogen-bond acceptors (Lipinski definition) is 5. The van der Waals surface area contributed by atoms with Crippen LogP contribution in [0.4, 0.5) is 0 Å². The van der Waals surface area contributed by atoms with Gasteiger partial charge >= 0.3 is 0 Å². The van der Waals surface area contributed by atoms with Gasteiger partial charge in [-0.05, 0) is 38.8 Å². The van der Waals surface area contributed by atoms with Crippen LogP contribution in [0.5, 0.6) is 0 Å². The first-order valence-corrected chi connectivity index (χ1v) is 7.84. The Hall–Kier alpha value is -0.940. The van der Waals surface area contributed by atoms with E-state index in [0.717, 1.165) is 24.9 Å². The standard InChI is InChI=1S/C15H26N4O/c1-15(2,3)14-18-17-13(20-14)10-19-9-5-7-12(19)11-6-4-8-16-11/h11-12,16H,4-10H2,1-3H3. The highest BCUT2D eigenvalue weighted by Crippen LogP contribution is 2.27. The third-order valence-electron chi connectivity index (χ3n) is 4.42. The smallest absolute Gasteiger partial charge is 0.230 e. The summed E-state index contributed by atoms with van der Waals surface area (Å²) >= 11 is 0. The van der Waals surface area contributed by atoms with Crippen LogP contribution in [0, 0.1) is 0 Å². The lowest BCUT2D eigenvalue weighted by atomic mass is 9.97. The van der Waals surface area contributed by atoms with Crippen molar-refractivity contribution in [1.29, 1.82) is 0 Å². The average Bonchev–Trinajstić information content (AvgIpc) is 3.08. The lowest BCUT2D eigenvalue weighted by Crippen LogP contribution is -2.43. The van der Waals surface area contributed by atoms with Crippen LogP contribution >= 0.6 is 0 Å². The number of nitrogens with zero attached hydrogens (tertiary/aromatic N) is 3. The predicted molar refractivity (Wildman–Crippen MR) is 77.5 cm³/mol. The second kappa shape index (κ2) is 5.45. The highest BCUT2D eigenvalue weighted by molar-refractivity contribution is 4.98. The van der Waals surface area contributed by atoms with E-state index in [1.165, 1.54) is 32.2 Å². The molecule has 0 aromatic carbocycles. The molecule has 2 atom stereocenters. The molecule has 2 unspecified atom stereocenters. The van der Waals surface area contributed by atoms with Gasteiger partial charge in [0.25, 0.3) is 0 Å². The molecule has 0 radical (unpaired) electrons. The van der Waals surface area contributed by atoms with Gasteiger partial charge in [-0.3, -0.25) is 4.90 Å². The Kier molecular flexibility index (Phi) is 3.82. The van der Waals surface area contributed by atoms with Gasteiger partial charge in [0.2, 0.25) is 11.8 Å². The predicted octanol–water partition coefficient (Wildman–Crippen LogP) is 2.08. The molecule has 20 heavy (non-hydrogen) atoms. The van der Waals surface area contributed by atoms with E-state index in [1.54, 1.807) is 0 Å². The van der Waals surface area contributed by atoms with Gasteiger partial charge in [0.1, 0.15) is 0 Å². The van der Waals surface area contributed by atoms with Gasteiger partial charge in [-0.25, -0.2) is 0 Å². The summed E-state index contributed by atoms with van der Waals surface area (Å²) in [6.45, 7) is 9.42. The fourth-order valence-electron chi connectivity index (χ4n) is 3.34. The maximum absolute atomic E-state index is 5.84. The summed E-state index contributed by atoms with van der Waals surface area (Å²) < 4.78 is 5.84. The fraction of sp³-hybridized carbons (Fsp3) is 0.867. The summed E-state index contributed by atoms with van der Waals surface area (Å²) in [5.41, 5.74) is -0.0668. The van der Waals surface area contributed by atoms with Crippen molar-refractivity contribution >= 4 is 0 Å². The van der Waals surface area contributed by atoms with E-state index in [-0.39, 0.29) is 5.41 Å². The molecule has 1 N–H and O–H groups in total. The molecular formula is C15H26N4O. The van der Waals surface area contributed by atoms with Crippen molar-refractivity contribution in [2.75, 3.05) is 13.1 Å². The molecular weight excluding hydrogens is 252 g/mol. The number of aromatic nitrogens is 2. The van der Waals surface area contributed by atoms with E-state index in [9.17, 15) is 0 Å². The van der Waals surface area contributed by atoms with Crippen LogP contribution < -0.4 is 5.32 Å². The Morgan fingerprint density at radius 2 is 2.10 bits per heavy atom. The van der Waals surface area contributed by atoms with Crippen LogP contribution in [0.25, 0.3) is 0 Å². The van der Waals surface area contributed by atoms with Crippen molar-refractivity contribution in [1.82, 2.24) is 20.4 Å². The highest BCUT2D eigenvalue weighted by atomic mass is 16.4. The molecule has 0 aliphatic carbocycles. The van der Waals surface area contributed by atoms with Gasteiger partial charge < -0.3 is 9.73 Å². The maximum atomic E-state index is 5.84. The van der Waals surface area contributed by atoms with Crippen LogP contribution in [0.2, 0.25) is 0 Å². The molecule has 2 saturated heterocycles. The average molecular weight is 278 g/mol. The molecule has 5 heteroatoms. The first-order valence-electron chi connectivity index (χ1n) is 7.84.